The molecule has 0 aliphatic rings. The molecule has 0 aromatic carbocycles. The SMILES string of the molecule is COC(C)NC(C)C. The molecule has 0 aliphatic carbocycles. The van der Waals surface area contributed by atoms with Crippen LogP contribution in [0, 0.1) is 0 Å². The topological polar surface area (TPSA) is 21.3 Å². The summed E-state index contributed by atoms with van der Waals surface area (Å²) in [5.41, 5.74) is 0. The van der Waals surface area contributed by atoms with Crippen molar-refractivity contribution in [3.63, 3.8) is 0 Å². The Morgan fingerprint density at radius 3 is 1.88 bits per heavy atom. The number of ether oxygens (including phenoxy) is 1. The molecule has 0 aromatic rings. The highest BCUT2D eigenvalue weighted by molar-refractivity contribution is 4.52. The van der Waals surface area contributed by atoms with Crippen molar-refractivity contribution in [3.8, 4) is 0 Å². The van der Waals surface area contributed by atoms with Crippen LogP contribution < -0.4 is 5.32 Å². The Bertz CT molecular complexity index is 54.5. The van der Waals surface area contributed by atoms with Gasteiger partial charge in [0, 0.05) is 13.2 Å². The van der Waals surface area contributed by atoms with Crippen LogP contribution in [0.1, 0.15) is 20.8 Å². The molecule has 0 rings (SSSR count). The average Bonchev–Trinajstić information content (AvgIpc) is 1.65. The van der Waals surface area contributed by atoms with E-state index in [4.69, 9.17) is 4.74 Å². The molecule has 50 valence electrons. The lowest BCUT2D eigenvalue weighted by atomic mass is 10.4. The second-order valence-electron chi connectivity index (χ2n) is 2.20. The van der Waals surface area contributed by atoms with Crippen molar-refractivity contribution in [3.05, 3.63) is 0 Å². The number of hydrogen-bond acceptors (Lipinski definition) is 2. The van der Waals surface area contributed by atoms with E-state index in [1.165, 1.54) is 0 Å². The molecule has 0 bridgehead atoms. The number of nitrogens with one attached hydrogen (secondary N) is 1. The lowest BCUT2D eigenvalue weighted by Gasteiger charge is -2.13. The van der Waals surface area contributed by atoms with Gasteiger partial charge < -0.3 is 4.74 Å². The van der Waals surface area contributed by atoms with Gasteiger partial charge in [-0.05, 0) is 20.8 Å². The molecule has 0 spiro atoms. The summed E-state index contributed by atoms with van der Waals surface area (Å²) in [6.45, 7) is 6.17. The van der Waals surface area contributed by atoms with E-state index < -0.39 is 0 Å². The first kappa shape index (κ1) is 7.92. The van der Waals surface area contributed by atoms with Crippen LogP contribution in [0.25, 0.3) is 0 Å². The van der Waals surface area contributed by atoms with E-state index in [0.29, 0.717) is 6.04 Å². The zero-order valence-corrected chi connectivity index (χ0v) is 6.06. The van der Waals surface area contributed by atoms with Gasteiger partial charge in [0.25, 0.3) is 0 Å². The largest absolute Gasteiger partial charge is 0.367 e. The molecular formula is C6H15NO. The van der Waals surface area contributed by atoms with Crippen LogP contribution >= 0.6 is 0 Å². The molecule has 1 unspecified atom stereocenters. The fraction of sp³-hybridized carbons (Fsp3) is 1.00. The van der Waals surface area contributed by atoms with Crippen molar-refractivity contribution in [2.45, 2.75) is 33.0 Å². The van der Waals surface area contributed by atoms with Crippen molar-refractivity contribution in [1.82, 2.24) is 5.32 Å². The van der Waals surface area contributed by atoms with E-state index >= 15 is 0 Å². The summed E-state index contributed by atoms with van der Waals surface area (Å²) in [6, 6.07) is 0.505. The van der Waals surface area contributed by atoms with E-state index in [1.807, 2.05) is 6.92 Å². The third-order valence-corrected chi connectivity index (χ3v) is 0.922. The van der Waals surface area contributed by atoms with Gasteiger partial charge in [-0.3, -0.25) is 5.32 Å². The average molecular weight is 117 g/mol. The van der Waals surface area contributed by atoms with Crippen LogP contribution in [0.4, 0.5) is 0 Å². The molecule has 0 aromatic heterocycles. The second-order valence-corrected chi connectivity index (χ2v) is 2.20. The van der Waals surface area contributed by atoms with Gasteiger partial charge in [0.1, 0.15) is 6.23 Å². The Labute approximate surface area is 51.2 Å². The van der Waals surface area contributed by atoms with Crippen molar-refractivity contribution in [2.75, 3.05) is 7.11 Å². The number of methoxy groups -OCH3 is 1. The molecule has 2 heteroatoms. The van der Waals surface area contributed by atoms with Gasteiger partial charge in [0.15, 0.2) is 0 Å². The highest BCUT2D eigenvalue weighted by atomic mass is 16.5. The Kier molecular flexibility index (Phi) is 3.83. The molecule has 8 heavy (non-hydrogen) atoms. The Hall–Kier alpha value is -0.0800. The number of hydrogen-bond donors (Lipinski definition) is 1. The first-order chi connectivity index (χ1) is 3.66. The maximum absolute atomic E-state index is 4.95. The highest BCUT2D eigenvalue weighted by Gasteiger charge is 1.97. The molecule has 0 amide bonds. The van der Waals surface area contributed by atoms with Crippen LogP contribution in [0.3, 0.4) is 0 Å². The molecule has 0 aliphatic heterocycles. The lowest BCUT2D eigenvalue weighted by molar-refractivity contribution is 0.0822. The zero-order chi connectivity index (χ0) is 6.57. The summed E-state index contributed by atoms with van der Waals surface area (Å²) in [5, 5.41) is 3.17. The quantitative estimate of drug-likeness (QED) is 0.556. The van der Waals surface area contributed by atoms with Crippen molar-refractivity contribution in [1.29, 1.82) is 0 Å². The van der Waals surface area contributed by atoms with Gasteiger partial charge in [0.2, 0.25) is 0 Å². The van der Waals surface area contributed by atoms with Gasteiger partial charge in [-0.2, -0.15) is 0 Å². The molecule has 0 saturated carbocycles. The third-order valence-electron chi connectivity index (χ3n) is 0.922. The smallest absolute Gasteiger partial charge is 0.105 e. The molecule has 0 radical (unpaired) electrons. The van der Waals surface area contributed by atoms with Crippen molar-refractivity contribution >= 4 is 0 Å². The summed E-state index contributed by atoms with van der Waals surface area (Å²) in [7, 11) is 1.69. The van der Waals surface area contributed by atoms with Gasteiger partial charge >= 0.3 is 0 Å². The minimum absolute atomic E-state index is 0.176. The summed E-state index contributed by atoms with van der Waals surface area (Å²) >= 11 is 0. The van der Waals surface area contributed by atoms with Gasteiger partial charge in [-0.15, -0.1) is 0 Å². The first-order valence-electron chi connectivity index (χ1n) is 2.95. The second kappa shape index (κ2) is 3.87. The molecule has 2 nitrogen and oxygen atoms in total. The monoisotopic (exact) mass is 117 g/mol. The molecule has 0 heterocycles. The standard InChI is InChI=1S/C6H15NO/c1-5(2)7-6(3)8-4/h5-7H,1-4H3. The maximum Gasteiger partial charge on any atom is 0.105 e. The van der Waals surface area contributed by atoms with Crippen LogP contribution in [-0.4, -0.2) is 19.4 Å². The summed E-state index contributed by atoms with van der Waals surface area (Å²) in [4.78, 5) is 0. The normalized spacial score (nSPS) is 14.6. The fourth-order valence-electron chi connectivity index (χ4n) is 0.537. The Balaban J connectivity index is 3.10. The van der Waals surface area contributed by atoms with Gasteiger partial charge in [-0.1, -0.05) is 0 Å². The predicted molar refractivity (Wildman–Crippen MR) is 34.7 cm³/mol. The van der Waals surface area contributed by atoms with E-state index in [-0.39, 0.29) is 6.23 Å². The minimum Gasteiger partial charge on any atom is -0.367 e. The van der Waals surface area contributed by atoms with E-state index in [0.717, 1.165) is 0 Å². The van der Waals surface area contributed by atoms with Crippen LogP contribution in [0.2, 0.25) is 0 Å². The molecule has 0 fully saturated rings. The van der Waals surface area contributed by atoms with Crippen LogP contribution in [0.15, 0.2) is 0 Å². The maximum atomic E-state index is 4.95. The van der Waals surface area contributed by atoms with E-state index in [1.54, 1.807) is 7.11 Å². The van der Waals surface area contributed by atoms with Gasteiger partial charge in [0.05, 0.1) is 0 Å². The Morgan fingerprint density at radius 1 is 1.25 bits per heavy atom. The molecule has 0 saturated heterocycles. The summed E-state index contributed by atoms with van der Waals surface area (Å²) < 4.78 is 4.95. The molecule has 1 atom stereocenters. The highest BCUT2D eigenvalue weighted by Crippen LogP contribution is 1.84. The van der Waals surface area contributed by atoms with E-state index in [2.05, 4.69) is 19.2 Å². The number of rotatable bonds is 3. The summed E-state index contributed by atoms with van der Waals surface area (Å²) in [6.07, 6.45) is 0.176. The van der Waals surface area contributed by atoms with E-state index in [9.17, 15) is 0 Å². The first-order valence-corrected chi connectivity index (χ1v) is 2.95. The third kappa shape index (κ3) is 4.09. The Morgan fingerprint density at radius 2 is 1.75 bits per heavy atom. The minimum atomic E-state index is 0.176. The molecular weight excluding hydrogens is 102 g/mol. The summed E-state index contributed by atoms with van der Waals surface area (Å²) in [5.74, 6) is 0. The zero-order valence-electron chi connectivity index (χ0n) is 6.06. The molecule has 1 N–H and O–H groups in total. The predicted octanol–water partition coefficient (Wildman–Crippen LogP) is 0.977. The van der Waals surface area contributed by atoms with Gasteiger partial charge in [-0.25, -0.2) is 0 Å². The fourth-order valence-corrected chi connectivity index (χ4v) is 0.537. The van der Waals surface area contributed by atoms with Crippen LogP contribution in [-0.2, 0) is 4.74 Å². The lowest BCUT2D eigenvalue weighted by Crippen LogP contribution is -2.33. The van der Waals surface area contributed by atoms with Crippen molar-refractivity contribution < 1.29 is 4.74 Å². The van der Waals surface area contributed by atoms with Crippen molar-refractivity contribution in [2.24, 2.45) is 0 Å². The van der Waals surface area contributed by atoms with Crippen LogP contribution in [0.5, 0.6) is 0 Å².